The van der Waals surface area contributed by atoms with Crippen LogP contribution in [-0.4, -0.2) is 95.4 Å². The van der Waals surface area contributed by atoms with Crippen LogP contribution in [0.3, 0.4) is 0 Å². The number of halogens is 1. The Labute approximate surface area is 243 Å². The molecule has 0 spiro atoms. The summed E-state index contributed by atoms with van der Waals surface area (Å²) in [4.78, 5) is 52.2. The van der Waals surface area contributed by atoms with E-state index >= 15 is 0 Å². The molecule has 11 nitrogen and oxygen atoms in total. The number of nitrogens with one attached hydrogen (secondary N) is 2. The number of alkyl halides is 1. The van der Waals surface area contributed by atoms with Crippen molar-refractivity contribution in [3.63, 3.8) is 0 Å². The quantitative estimate of drug-likeness (QED) is 0.157. The summed E-state index contributed by atoms with van der Waals surface area (Å²) < 4.78 is 16.4. The summed E-state index contributed by atoms with van der Waals surface area (Å²) in [5.74, 6) is -0.117. The largest absolute Gasteiger partial charge is 0.444 e. The number of nitrogens with zero attached hydrogens (tertiary/aromatic N) is 2. The van der Waals surface area contributed by atoms with E-state index < -0.39 is 35.1 Å². The van der Waals surface area contributed by atoms with E-state index in [0.29, 0.717) is 65.0 Å². The van der Waals surface area contributed by atoms with Crippen molar-refractivity contribution in [1.82, 2.24) is 20.4 Å². The fraction of sp³-hybridized carbons (Fsp3) is 0.852. The minimum Gasteiger partial charge on any atom is -0.444 e. The number of rotatable bonds is 14. The van der Waals surface area contributed by atoms with Crippen molar-refractivity contribution in [3.05, 3.63) is 0 Å². The summed E-state index contributed by atoms with van der Waals surface area (Å²) in [6.07, 6.45) is 1.05. The van der Waals surface area contributed by atoms with E-state index in [1.165, 1.54) is 0 Å². The summed E-state index contributed by atoms with van der Waals surface area (Å²) in [6, 6.07) is 0. The van der Waals surface area contributed by atoms with Gasteiger partial charge in [0.25, 0.3) is 0 Å². The number of carbonyl (C=O) groups is 4. The molecule has 0 saturated carbocycles. The summed E-state index contributed by atoms with van der Waals surface area (Å²) in [6.45, 7) is 18.7. The van der Waals surface area contributed by atoms with Gasteiger partial charge >= 0.3 is 18.3 Å². The third-order valence-corrected chi connectivity index (χ3v) is 5.24. The second-order valence-corrected chi connectivity index (χ2v) is 12.8. The molecule has 0 aromatic heterocycles. The van der Waals surface area contributed by atoms with Crippen molar-refractivity contribution < 1.29 is 33.4 Å². The Morgan fingerprint density at radius 3 is 1.44 bits per heavy atom. The third kappa shape index (κ3) is 21.3. The molecule has 0 fully saturated rings. The van der Waals surface area contributed by atoms with Gasteiger partial charge in [0.05, 0.1) is 5.33 Å². The van der Waals surface area contributed by atoms with Gasteiger partial charge in [0.2, 0.25) is 5.91 Å². The Bertz CT molecular complexity index is 774. The van der Waals surface area contributed by atoms with Gasteiger partial charge in [0.1, 0.15) is 16.8 Å². The standard InChI is InChI=1S/C27H51BrN4O7/c1-25(2,3)37-22(34)30-14-10-11-16-31(23(35)38-26(4,5)6)18-13-19-32(24(36)39-27(7,8)9)17-12-15-29-21(33)20-28/h10-20H2,1-9H3,(H,29,33)(H,30,34). The molecule has 0 unspecified atom stereocenters. The molecule has 0 atom stereocenters. The van der Waals surface area contributed by atoms with E-state index in [9.17, 15) is 19.2 Å². The third-order valence-electron chi connectivity index (χ3n) is 4.73. The average Bonchev–Trinajstić information content (AvgIpc) is 2.75. The first-order valence-electron chi connectivity index (χ1n) is 13.6. The van der Waals surface area contributed by atoms with Crippen LogP contribution in [0.1, 0.15) is 88.0 Å². The monoisotopic (exact) mass is 622 g/mol. The van der Waals surface area contributed by atoms with Crippen molar-refractivity contribution >= 4 is 40.1 Å². The Balaban J connectivity index is 5.02. The van der Waals surface area contributed by atoms with Gasteiger partial charge in [0, 0.05) is 39.3 Å². The molecule has 0 aliphatic carbocycles. The highest BCUT2D eigenvalue weighted by Gasteiger charge is 2.24. The normalized spacial score (nSPS) is 11.8. The Hall–Kier alpha value is -2.24. The highest BCUT2D eigenvalue weighted by Crippen LogP contribution is 2.13. The van der Waals surface area contributed by atoms with Crippen LogP contribution in [0.4, 0.5) is 14.4 Å². The second-order valence-electron chi connectivity index (χ2n) is 12.3. The van der Waals surface area contributed by atoms with E-state index in [1.54, 1.807) is 51.3 Å². The molecule has 4 amide bonds. The van der Waals surface area contributed by atoms with Crippen LogP contribution in [0.2, 0.25) is 0 Å². The van der Waals surface area contributed by atoms with E-state index in [4.69, 9.17) is 14.2 Å². The van der Waals surface area contributed by atoms with E-state index in [-0.39, 0.29) is 11.2 Å². The van der Waals surface area contributed by atoms with Crippen LogP contribution in [0.25, 0.3) is 0 Å². The molecular formula is C27H51BrN4O7. The summed E-state index contributed by atoms with van der Waals surface area (Å²) >= 11 is 3.11. The number of unbranched alkanes of at least 4 members (excludes halogenated alkanes) is 1. The molecular weight excluding hydrogens is 572 g/mol. The molecule has 0 aliphatic heterocycles. The first kappa shape index (κ1) is 36.8. The zero-order chi connectivity index (χ0) is 30.3. The number of alkyl carbamates (subject to hydrolysis) is 1. The maximum Gasteiger partial charge on any atom is 0.410 e. The topological polar surface area (TPSA) is 127 Å². The lowest BCUT2D eigenvalue weighted by Gasteiger charge is -2.30. The van der Waals surface area contributed by atoms with Crippen LogP contribution in [0, 0.1) is 0 Å². The van der Waals surface area contributed by atoms with Gasteiger partial charge in [-0.05, 0) is 88.0 Å². The zero-order valence-electron chi connectivity index (χ0n) is 25.4. The zero-order valence-corrected chi connectivity index (χ0v) is 27.0. The van der Waals surface area contributed by atoms with Crippen molar-refractivity contribution in [2.75, 3.05) is 44.6 Å². The number of carbonyl (C=O) groups excluding carboxylic acids is 4. The van der Waals surface area contributed by atoms with Crippen molar-refractivity contribution in [3.8, 4) is 0 Å². The number of hydrogen-bond acceptors (Lipinski definition) is 7. The molecule has 12 heteroatoms. The number of amides is 4. The predicted octanol–water partition coefficient (Wildman–Crippen LogP) is 5.06. The Kier molecular flexibility index (Phi) is 16.4. The molecule has 0 bridgehead atoms. The molecule has 0 aromatic carbocycles. The van der Waals surface area contributed by atoms with Gasteiger partial charge in [-0.2, -0.15) is 0 Å². The Morgan fingerprint density at radius 1 is 0.590 bits per heavy atom. The molecule has 0 saturated heterocycles. The maximum atomic E-state index is 12.9. The first-order valence-corrected chi connectivity index (χ1v) is 14.7. The predicted molar refractivity (Wildman–Crippen MR) is 155 cm³/mol. The lowest BCUT2D eigenvalue weighted by atomic mass is 10.2. The van der Waals surface area contributed by atoms with Crippen LogP contribution in [0.15, 0.2) is 0 Å². The van der Waals surface area contributed by atoms with Crippen molar-refractivity contribution in [1.29, 1.82) is 0 Å². The van der Waals surface area contributed by atoms with Crippen molar-refractivity contribution in [2.45, 2.75) is 105 Å². The van der Waals surface area contributed by atoms with Gasteiger partial charge in [-0.3, -0.25) is 4.79 Å². The molecule has 0 radical (unpaired) electrons. The minimum atomic E-state index is -0.643. The molecule has 39 heavy (non-hydrogen) atoms. The van der Waals surface area contributed by atoms with Crippen LogP contribution in [0.5, 0.6) is 0 Å². The lowest BCUT2D eigenvalue weighted by Crippen LogP contribution is -2.42. The summed E-state index contributed by atoms with van der Waals surface area (Å²) in [5, 5.41) is 5.71. The van der Waals surface area contributed by atoms with Crippen LogP contribution in [-0.2, 0) is 19.0 Å². The smallest absolute Gasteiger partial charge is 0.410 e. The fourth-order valence-electron chi connectivity index (χ4n) is 3.17. The SMILES string of the molecule is CC(C)(C)OC(=O)NCCCCN(CCCN(CCCNC(=O)CBr)C(=O)OC(C)(C)C)C(=O)OC(C)(C)C. The molecule has 0 heterocycles. The lowest BCUT2D eigenvalue weighted by molar-refractivity contribution is -0.118. The minimum absolute atomic E-state index is 0.117. The molecule has 228 valence electrons. The van der Waals surface area contributed by atoms with E-state index in [1.807, 2.05) is 20.8 Å². The summed E-state index contributed by atoms with van der Waals surface area (Å²) in [7, 11) is 0. The second kappa shape index (κ2) is 17.5. The summed E-state index contributed by atoms with van der Waals surface area (Å²) in [5.41, 5.74) is -1.85. The van der Waals surface area contributed by atoms with Crippen molar-refractivity contribution in [2.24, 2.45) is 0 Å². The van der Waals surface area contributed by atoms with Gasteiger partial charge < -0.3 is 34.6 Å². The molecule has 0 rings (SSSR count). The van der Waals surface area contributed by atoms with Gasteiger partial charge in [-0.15, -0.1) is 0 Å². The first-order chi connectivity index (χ1) is 17.8. The van der Waals surface area contributed by atoms with Gasteiger partial charge in [0.15, 0.2) is 0 Å². The van der Waals surface area contributed by atoms with Crippen LogP contribution >= 0.6 is 15.9 Å². The van der Waals surface area contributed by atoms with E-state index in [0.717, 1.165) is 0 Å². The van der Waals surface area contributed by atoms with Gasteiger partial charge in [-0.25, -0.2) is 14.4 Å². The number of hydrogen-bond donors (Lipinski definition) is 2. The maximum absolute atomic E-state index is 12.9. The van der Waals surface area contributed by atoms with Crippen LogP contribution < -0.4 is 10.6 Å². The highest BCUT2D eigenvalue weighted by atomic mass is 79.9. The number of ether oxygens (including phenoxy) is 3. The van der Waals surface area contributed by atoms with E-state index in [2.05, 4.69) is 26.6 Å². The van der Waals surface area contributed by atoms with Gasteiger partial charge in [-0.1, -0.05) is 15.9 Å². The molecule has 0 aliphatic rings. The Morgan fingerprint density at radius 2 is 1.00 bits per heavy atom. The fourth-order valence-corrected chi connectivity index (χ4v) is 3.37. The molecule has 2 N–H and O–H groups in total. The average molecular weight is 624 g/mol. The highest BCUT2D eigenvalue weighted by molar-refractivity contribution is 9.09. The molecule has 0 aromatic rings.